The van der Waals surface area contributed by atoms with Gasteiger partial charge in [-0.25, -0.2) is 9.59 Å². The minimum absolute atomic E-state index is 0.628. The molecule has 8 nitrogen and oxygen atoms in total. The molecule has 0 amide bonds. The van der Waals surface area contributed by atoms with Crippen molar-refractivity contribution in [3.63, 3.8) is 0 Å². The number of aliphatic carboxylic acids is 2. The van der Waals surface area contributed by atoms with Crippen molar-refractivity contribution in [1.29, 1.82) is 0 Å². The summed E-state index contributed by atoms with van der Waals surface area (Å²) in [7, 11) is 0. The second kappa shape index (κ2) is 14.1. The summed E-state index contributed by atoms with van der Waals surface area (Å²) in [6.07, 6.45) is -1.44. The van der Waals surface area contributed by atoms with Crippen molar-refractivity contribution in [2.45, 2.75) is 51.0 Å². The molecular formula is C24H33F6N3O5. The lowest BCUT2D eigenvalue weighted by Crippen LogP contribution is -2.47. The van der Waals surface area contributed by atoms with Gasteiger partial charge in [-0.05, 0) is 81.7 Å². The quantitative estimate of drug-likeness (QED) is 0.535. The molecule has 0 saturated carbocycles. The number of nitrogens with zero attached hydrogens (tertiary/aromatic N) is 3. The predicted molar refractivity (Wildman–Crippen MR) is 123 cm³/mol. The smallest absolute Gasteiger partial charge is 0.475 e. The average molecular weight is 558 g/mol. The standard InChI is InChI=1S/C20H31N3O.2C2HF3O2/c1-2-9-21-19(3-1)16-23-12-7-20(8-13-23)5-10-22(11-6-20)15-18-4-14-24-17-18;2*3-2(4,5)1(6)7/h1-3,9,18H,4-8,10-17H2;2*(H,6,7). The van der Waals surface area contributed by atoms with Gasteiger partial charge in [0.1, 0.15) is 0 Å². The van der Waals surface area contributed by atoms with E-state index >= 15 is 0 Å². The fraction of sp³-hybridized carbons (Fsp3) is 0.708. The highest BCUT2D eigenvalue weighted by atomic mass is 19.4. The maximum Gasteiger partial charge on any atom is 0.490 e. The molecule has 1 aromatic rings. The summed E-state index contributed by atoms with van der Waals surface area (Å²) in [5.74, 6) is -4.72. The van der Waals surface area contributed by atoms with E-state index in [4.69, 9.17) is 24.5 Å². The summed E-state index contributed by atoms with van der Waals surface area (Å²) in [4.78, 5) is 27.6. The first kappa shape index (κ1) is 31.8. The molecule has 0 radical (unpaired) electrons. The van der Waals surface area contributed by atoms with Crippen LogP contribution in [0.2, 0.25) is 0 Å². The van der Waals surface area contributed by atoms with Gasteiger partial charge < -0.3 is 19.8 Å². The summed E-state index contributed by atoms with van der Waals surface area (Å²) < 4.78 is 69.0. The Balaban J connectivity index is 0.000000301. The van der Waals surface area contributed by atoms with Gasteiger partial charge in [-0.2, -0.15) is 26.3 Å². The molecule has 4 rings (SSSR count). The number of piperidine rings is 2. The summed E-state index contributed by atoms with van der Waals surface area (Å²) in [5.41, 5.74) is 1.84. The molecule has 0 aromatic carbocycles. The number of hydrogen-bond donors (Lipinski definition) is 2. The van der Waals surface area contributed by atoms with Gasteiger partial charge in [-0.1, -0.05) is 6.07 Å². The first-order chi connectivity index (χ1) is 17.7. The first-order valence-electron chi connectivity index (χ1n) is 12.2. The van der Waals surface area contributed by atoms with Crippen LogP contribution in [-0.2, 0) is 20.9 Å². The summed E-state index contributed by atoms with van der Waals surface area (Å²) in [6, 6.07) is 6.24. The van der Waals surface area contributed by atoms with E-state index in [1.165, 1.54) is 70.5 Å². The zero-order valence-corrected chi connectivity index (χ0v) is 20.8. The molecule has 0 bridgehead atoms. The SMILES string of the molecule is O=C(O)C(F)(F)F.O=C(O)C(F)(F)F.c1ccc(CN2CCC3(CC2)CCN(CC2CCOC2)CC3)nc1. The molecule has 1 aromatic heterocycles. The van der Waals surface area contributed by atoms with Crippen LogP contribution in [0.1, 0.15) is 37.8 Å². The molecule has 1 spiro atoms. The van der Waals surface area contributed by atoms with Crippen LogP contribution >= 0.6 is 0 Å². The van der Waals surface area contributed by atoms with E-state index in [1.54, 1.807) is 0 Å². The maximum atomic E-state index is 10.6. The molecule has 3 aliphatic heterocycles. The predicted octanol–water partition coefficient (Wildman–Crippen LogP) is 4.06. The second-order valence-corrected chi connectivity index (χ2v) is 9.73. The van der Waals surface area contributed by atoms with Crippen molar-refractivity contribution >= 4 is 11.9 Å². The Morgan fingerprint density at radius 3 is 1.82 bits per heavy atom. The van der Waals surface area contributed by atoms with Gasteiger partial charge in [0.25, 0.3) is 0 Å². The number of ether oxygens (including phenoxy) is 1. The number of rotatable bonds is 4. The molecule has 3 saturated heterocycles. The average Bonchev–Trinajstić information content (AvgIpc) is 3.36. The fourth-order valence-electron chi connectivity index (χ4n) is 4.71. The van der Waals surface area contributed by atoms with Gasteiger partial charge in [-0.15, -0.1) is 0 Å². The van der Waals surface area contributed by atoms with E-state index in [0.717, 1.165) is 25.7 Å². The van der Waals surface area contributed by atoms with Crippen molar-refractivity contribution < 1.29 is 50.9 Å². The van der Waals surface area contributed by atoms with Crippen molar-refractivity contribution in [3.05, 3.63) is 30.1 Å². The van der Waals surface area contributed by atoms with Crippen LogP contribution in [0.15, 0.2) is 24.4 Å². The van der Waals surface area contributed by atoms with E-state index < -0.39 is 24.3 Å². The van der Waals surface area contributed by atoms with E-state index in [1.807, 2.05) is 12.3 Å². The van der Waals surface area contributed by atoms with E-state index in [-0.39, 0.29) is 0 Å². The molecule has 3 fully saturated rings. The summed E-state index contributed by atoms with van der Waals surface area (Å²) in [5, 5.41) is 14.2. The molecule has 1 atom stereocenters. The Kier molecular flexibility index (Phi) is 11.8. The highest BCUT2D eigenvalue weighted by Crippen LogP contribution is 2.41. The van der Waals surface area contributed by atoms with Crippen molar-refractivity contribution in [3.8, 4) is 0 Å². The van der Waals surface area contributed by atoms with Crippen LogP contribution < -0.4 is 0 Å². The van der Waals surface area contributed by atoms with Gasteiger partial charge in [-0.3, -0.25) is 9.88 Å². The van der Waals surface area contributed by atoms with Crippen LogP contribution in [0.25, 0.3) is 0 Å². The Bertz CT molecular complexity index is 837. The highest BCUT2D eigenvalue weighted by molar-refractivity contribution is 5.73. The number of likely N-dealkylation sites (tertiary alicyclic amines) is 2. The van der Waals surface area contributed by atoms with Crippen LogP contribution in [0.5, 0.6) is 0 Å². The fourth-order valence-corrected chi connectivity index (χ4v) is 4.71. The van der Waals surface area contributed by atoms with E-state index in [0.29, 0.717) is 5.41 Å². The molecule has 3 aliphatic rings. The Morgan fingerprint density at radius 2 is 1.42 bits per heavy atom. The molecule has 2 N–H and O–H groups in total. The molecule has 1 unspecified atom stereocenters. The molecule has 38 heavy (non-hydrogen) atoms. The van der Waals surface area contributed by atoms with Crippen LogP contribution in [-0.4, -0.2) is 95.2 Å². The van der Waals surface area contributed by atoms with Crippen LogP contribution in [0, 0.1) is 11.3 Å². The molecule has 0 aliphatic carbocycles. The molecular weight excluding hydrogens is 524 g/mol. The zero-order valence-electron chi connectivity index (χ0n) is 20.8. The molecule has 216 valence electrons. The lowest BCUT2D eigenvalue weighted by Gasteiger charge is -2.47. The van der Waals surface area contributed by atoms with Gasteiger partial charge in [0.15, 0.2) is 0 Å². The molecule has 4 heterocycles. The van der Waals surface area contributed by atoms with Crippen molar-refractivity contribution in [2.75, 3.05) is 45.9 Å². The van der Waals surface area contributed by atoms with E-state index in [2.05, 4.69) is 26.9 Å². The number of carboxylic acids is 2. The minimum atomic E-state index is -5.08. The third-order valence-corrected chi connectivity index (χ3v) is 6.97. The third-order valence-electron chi connectivity index (χ3n) is 6.97. The first-order valence-corrected chi connectivity index (χ1v) is 12.2. The van der Waals surface area contributed by atoms with Crippen LogP contribution in [0.4, 0.5) is 26.3 Å². The number of halogens is 6. The Morgan fingerprint density at radius 1 is 0.921 bits per heavy atom. The highest BCUT2D eigenvalue weighted by Gasteiger charge is 2.39. The number of aromatic nitrogens is 1. The third kappa shape index (κ3) is 11.1. The van der Waals surface area contributed by atoms with Gasteiger partial charge in [0, 0.05) is 25.9 Å². The number of carboxylic acid groups (broad SMARTS) is 2. The Labute approximate surface area is 216 Å². The van der Waals surface area contributed by atoms with Gasteiger partial charge in [0.2, 0.25) is 0 Å². The lowest BCUT2D eigenvalue weighted by atomic mass is 9.71. The van der Waals surface area contributed by atoms with Crippen molar-refractivity contribution in [1.82, 2.24) is 14.8 Å². The largest absolute Gasteiger partial charge is 0.490 e. The maximum absolute atomic E-state index is 10.6. The second-order valence-electron chi connectivity index (χ2n) is 9.73. The van der Waals surface area contributed by atoms with Gasteiger partial charge in [0.05, 0.1) is 12.3 Å². The van der Waals surface area contributed by atoms with Crippen LogP contribution in [0.3, 0.4) is 0 Å². The number of alkyl halides is 6. The zero-order chi connectivity index (χ0) is 28.4. The number of carbonyl (C=O) groups is 2. The summed E-state index contributed by atoms with van der Waals surface area (Å²) in [6.45, 7) is 9.35. The topological polar surface area (TPSA) is 103 Å². The van der Waals surface area contributed by atoms with Gasteiger partial charge >= 0.3 is 24.3 Å². The lowest BCUT2D eigenvalue weighted by molar-refractivity contribution is -0.193. The molecule has 14 heteroatoms. The van der Waals surface area contributed by atoms with E-state index in [9.17, 15) is 26.3 Å². The Hall–Kier alpha value is -2.45. The number of pyridine rings is 1. The van der Waals surface area contributed by atoms with Crippen molar-refractivity contribution in [2.24, 2.45) is 11.3 Å². The normalized spacial score (nSPS) is 22.1. The monoisotopic (exact) mass is 557 g/mol. The summed E-state index contributed by atoms with van der Waals surface area (Å²) >= 11 is 0. The number of hydrogen-bond acceptors (Lipinski definition) is 6. The minimum Gasteiger partial charge on any atom is -0.475 e.